The molecule has 0 spiro atoms. The molecule has 0 saturated heterocycles. The monoisotopic (exact) mass is 287 g/mol. The molecule has 0 fully saturated rings. The van der Waals surface area contributed by atoms with Gasteiger partial charge in [-0.1, -0.05) is 60.7 Å². The zero-order chi connectivity index (χ0) is 15.4. The number of hydrogen-bond donors (Lipinski definition) is 0. The first-order chi connectivity index (χ1) is 10.8. The van der Waals surface area contributed by atoms with Gasteiger partial charge in [0.15, 0.2) is 0 Å². The third kappa shape index (κ3) is 2.91. The second kappa shape index (κ2) is 6.27. The second-order valence-electron chi connectivity index (χ2n) is 5.17. The average molecular weight is 287 g/mol. The Morgan fingerprint density at radius 2 is 1.50 bits per heavy atom. The lowest BCUT2D eigenvalue weighted by Crippen LogP contribution is -2.07. The maximum absolute atomic E-state index is 12.9. The predicted octanol–water partition coefficient (Wildman–Crippen LogP) is 4.45. The van der Waals surface area contributed by atoms with Crippen LogP contribution in [-0.2, 0) is 7.05 Å². The van der Waals surface area contributed by atoms with Crippen molar-refractivity contribution in [3.05, 3.63) is 95.8 Å². The molecule has 0 atom stereocenters. The van der Waals surface area contributed by atoms with Crippen LogP contribution in [0.3, 0.4) is 0 Å². The Morgan fingerprint density at radius 1 is 0.864 bits per heavy atom. The lowest BCUT2D eigenvalue weighted by Gasteiger charge is -2.08. The van der Waals surface area contributed by atoms with Gasteiger partial charge in [0.2, 0.25) is 5.78 Å². The molecule has 3 aromatic rings. The van der Waals surface area contributed by atoms with Crippen molar-refractivity contribution in [3.8, 4) is 0 Å². The van der Waals surface area contributed by atoms with Gasteiger partial charge in [-0.2, -0.15) is 0 Å². The highest BCUT2D eigenvalue weighted by Crippen LogP contribution is 2.23. The Balaban J connectivity index is 2.10. The van der Waals surface area contributed by atoms with Crippen molar-refractivity contribution in [2.75, 3.05) is 0 Å². The summed E-state index contributed by atoms with van der Waals surface area (Å²) < 4.78 is 1.85. The van der Waals surface area contributed by atoms with Gasteiger partial charge in [-0.15, -0.1) is 0 Å². The van der Waals surface area contributed by atoms with Crippen LogP contribution < -0.4 is 0 Å². The fourth-order valence-corrected chi connectivity index (χ4v) is 2.45. The van der Waals surface area contributed by atoms with E-state index < -0.39 is 0 Å². The van der Waals surface area contributed by atoms with Crippen LogP contribution in [0.4, 0.5) is 0 Å². The first kappa shape index (κ1) is 14.1. The van der Waals surface area contributed by atoms with E-state index in [0.29, 0.717) is 11.3 Å². The van der Waals surface area contributed by atoms with Crippen LogP contribution in [0.15, 0.2) is 79.0 Å². The van der Waals surface area contributed by atoms with Crippen LogP contribution in [0.2, 0.25) is 0 Å². The summed E-state index contributed by atoms with van der Waals surface area (Å²) >= 11 is 0. The highest BCUT2D eigenvalue weighted by Gasteiger charge is 2.16. The van der Waals surface area contributed by atoms with Crippen LogP contribution in [0, 0.1) is 0 Å². The predicted molar refractivity (Wildman–Crippen MR) is 90.5 cm³/mol. The second-order valence-corrected chi connectivity index (χ2v) is 5.17. The fourth-order valence-electron chi connectivity index (χ4n) is 2.45. The molecule has 0 amide bonds. The van der Waals surface area contributed by atoms with E-state index in [9.17, 15) is 4.79 Å². The number of allylic oxidation sites excluding steroid dienone is 1. The van der Waals surface area contributed by atoms with E-state index in [4.69, 9.17) is 0 Å². The third-order valence-electron chi connectivity index (χ3n) is 3.62. The van der Waals surface area contributed by atoms with Gasteiger partial charge in [0, 0.05) is 18.8 Å². The molecule has 0 unspecified atom stereocenters. The number of benzene rings is 2. The van der Waals surface area contributed by atoms with E-state index in [0.717, 1.165) is 11.1 Å². The van der Waals surface area contributed by atoms with Gasteiger partial charge in [-0.05, 0) is 29.3 Å². The minimum atomic E-state index is 0.0301. The molecule has 22 heavy (non-hydrogen) atoms. The Kier molecular flexibility index (Phi) is 4.01. The molecule has 0 bridgehead atoms. The molecule has 0 N–H and O–H groups in total. The van der Waals surface area contributed by atoms with Crippen LogP contribution in [0.25, 0.3) is 11.6 Å². The molecular weight excluding hydrogens is 270 g/mol. The van der Waals surface area contributed by atoms with Crippen LogP contribution in [0.5, 0.6) is 0 Å². The number of carbonyl (C=O) groups is 1. The van der Waals surface area contributed by atoms with E-state index in [1.54, 1.807) is 0 Å². The standard InChI is InChI=1S/C20H17NO/c1-21-14-8-13-19(21)20(22)18(17-11-6-3-7-12-17)15-16-9-4-2-5-10-16/h2-15H,1H3/b18-15+. The number of ketones is 1. The largest absolute Gasteiger partial charge is 0.348 e. The molecule has 0 aliphatic heterocycles. The molecule has 1 aromatic heterocycles. The summed E-state index contributed by atoms with van der Waals surface area (Å²) in [4.78, 5) is 12.9. The molecule has 0 saturated carbocycles. The molecule has 2 aromatic carbocycles. The van der Waals surface area contributed by atoms with E-state index in [1.807, 2.05) is 96.7 Å². The number of nitrogens with zero attached hydrogens (tertiary/aromatic N) is 1. The summed E-state index contributed by atoms with van der Waals surface area (Å²) in [6.45, 7) is 0. The van der Waals surface area contributed by atoms with Gasteiger partial charge in [0.05, 0.1) is 5.69 Å². The van der Waals surface area contributed by atoms with E-state index in [1.165, 1.54) is 0 Å². The highest BCUT2D eigenvalue weighted by atomic mass is 16.1. The molecule has 3 rings (SSSR count). The fraction of sp³-hybridized carbons (Fsp3) is 0.0500. The van der Waals surface area contributed by atoms with Crippen molar-refractivity contribution in [2.45, 2.75) is 0 Å². The summed E-state index contributed by atoms with van der Waals surface area (Å²) in [5.74, 6) is 0.0301. The molecule has 0 radical (unpaired) electrons. The van der Waals surface area contributed by atoms with Crippen molar-refractivity contribution in [3.63, 3.8) is 0 Å². The molecule has 2 heteroatoms. The summed E-state index contributed by atoms with van der Waals surface area (Å²) in [6, 6.07) is 23.5. The van der Waals surface area contributed by atoms with Crippen molar-refractivity contribution in [1.29, 1.82) is 0 Å². The van der Waals surface area contributed by atoms with E-state index >= 15 is 0 Å². The van der Waals surface area contributed by atoms with Gasteiger partial charge < -0.3 is 4.57 Å². The van der Waals surface area contributed by atoms with Gasteiger partial charge in [0.1, 0.15) is 0 Å². The summed E-state index contributed by atoms with van der Waals surface area (Å²) in [5.41, 5.74) is 3.33. The number of aryl methyl sites for hydroxylation is 1. The quantitative estimate of drug-likeness (QED) is 0.395. The molecule has 108 valence electrons. The van der Waals surface area contributed by atoms with Crippen molar-refractivity contribution < 1.29 is 4.79 Å². The van der Waals surface area contributed by atoms with Gasteiger partial charge >= 0.3 is 0 Å². The Labute approximate surface area is 130 Å². The van der Waals surface area contributed by atoms with Crippen molar-refractivity contribution in [1.82, 2.24) is 4.57 Å². The van der Waals surface area contributed by atoms with Crippen LogP contribution in [-0.4, -0.2) is 10.4 Å². The first-order valence-corrected chi connectivity index (χ1v) is 7.24. The van der Waals surface area contributed by atoms with Gasteiger partial charge in [-0.25, -0.2) is 0 Å². The smallest absolute Gasteiger partial charge is 0.209 e. The first-order valence-electron chi connectivity index (χ1n) is 7.24. The number of carbonyl (C=O) groups excluding carboxylic acids is 1. The zero-order valence-electron chi connectivity index (χ0n) is 12.4. The minimum Gasteiger partial charge on any atom is -0.348 e. The molecule has 0 aliphatic rings. The average Bonchev–Trinajstić information content (AvgIpc) is 3.00. The normalized spacial score (nSPS) is 11.4. The van der Waals surface area contributed by atoms with E-state index in [-0.39, 0.29) is 5.78 Å². The number of rotatable bonds is 4. The summed E-state index contributed by atoms with van der Waals surface area (Å²) in [6.07, 6.45) is 3.84. The Bertz CT molecular complexity index is 798. The SMILES string of the molecule is Cn1cccc1C(=O)/C(=C/c1ccccc1)c1ccccc1. The summed E-state index contributed by atoms with van der Waals surface area (Å²) in [7, 11) is 1.89. The topological polar surface area (TPSA) is 22.0 Å². The van der Waals surface area contributed by atoms with E-state index in [2.05, 4.69) is 0 Å². The Hall–Kier alpha value is -2.87. The highest BCUT2D eigenvalue weighted by molar-refractivity contribution is 6.31. The lowest BCUT2D eigenvalue weighted by atomic mass is 9.97. The number of hydrogen-bond acceptors (Lipinski definition) is 1. The minimum absolute atomic E-state index is 0.0301. The molecule has 1 heterocycles. The molecular formula is C20H17NO. The summed E-state index contributed by atoms with van der Waals surface area (Å²) in [5, 5.41) is 0. The lowest BCUT2D eigenvalue weighted by molar-refractivity contribution is 0.105. The maximum Gasteiger partial charge on any atom is 0.209 e. The van der Waals surface area contributed by atoms with Gasteiger partial charge in [0.25, 0.3) is 0 Å². The molecule has 0 aliphatic carbocycles. The Morgan fingerprint density at radius 3 is 2.09 bits per heavy atom. The number of aromatic nitrogens is 1. The van der Waals surface area contributed by atoms with Gasteiger partial charge in [-0.3, -0.25) is 4.79 Å². The van der Waals surface area contributed by atoms with Crippen LogP contribution in [0.1, 0.15) is 21.6 Å². The molecule has 2 nitrogen and oxygen atoms in total. The third-order valence-corrected chi connectivity index (χ3v) is 3.62. The number of Topliss-reactive ketones (excluding diaryl/α,β-unsaturated/α-hetero) is 1. The van der Waals surface area contributed by atoms with Crippen LogP contribution >= 0.6 is 0 Å². The van der Waals surface area contributed by atoms with Crippen molar-refractivity contribution >= 4 is 17.4 Å². The van der Waals surface area contributed by atoms with Crippen molar-refractivity contribution in [2.24, 2.45) is 7.05 Å². The maximum atomic E-state index is 12.9. The zero-order valence-corrected chi connectivity index (χ0v) is 12.4.